The number of halogens is 2. The summed E-state index contributed by atoms with van der Waals surface area (Å²) in [6.07, 6.45) is 6.74. The van der Waals surface area contributed by atoms with Crippen molar-refractivity contribution < 1.29 is 13.2 Å². The number of nitrogens with one attached hydrogen (secondary N) is 1. The predicted octanol–water partition coefficient (Wildman–Crippen LogP) is 5.49. The maximum atomic E-state index is 12.8. The molecule has 2 aromatic rings. The lowest BCUT2D eigenvalue weighted by Crippen LogP contribution is -2.34. The van der Waals surface area contributed by atoms with Gasteiger partial charge in [-0.15, -0.1) is 0 Å². The number of hydrogen-bond donors (Lipinski definition) is 2. The molecule has 0 radical (unpaired) electrons. The van der Waals surface area contributed by atoms with E-state index in [-0.39, 0.29) is 17.0 Å². The summed E-state index contributed by atoms with van der Waals surface area (Å²) in [6, 6.07) is 8.75. The van der Waals surface area contributed by atoms with Crippen LogP contribution in [-0.4, -0.2) is 46.5 Å². The van der Waals surface area contributed by atoms with E-state index in [1.165, 1.54) is 0 Å². The molecule has 1 aliphatic rings. The molecule has 194 valence electrons. The van der Waals surface area contributed by atoms with Gasteiger partial charge in [-0.1, -0.05) is 48.9 Å². The van der Waals surface area contributed by atoms with Gasteiger partial charge in [-0.2, -0.15) is 0 Å². The van der Waals surface area contributed by atoms with Gasteiger partial charge in [0.1, 0.15) is 11.9 Å². The van der Waals surface area contributed by atoms with Crippen LogP contribution in [0.25, 0.3) is 0 Å². The van der Waals surface area contributed by atoms with Crippen LogP contribution in [0.2, 0.25) is 10.0 Å². The third-order valence-corrected chi connectivity index (χ3v) is 8.58. The summed E-state index contributed by atoms with van der Waals surface area (Å²) in [6.45, 7) is 3.03. The summed E-state index contributed by atoms with van der Waals surface area (Å²) in [7, 11) is 0.444. The summed E-state index contributed by atoms with van der Waals surface area (Å²) < 4.78 is 34.8. The summed E-state index contributed by atoms with van der Waals surface area (Å²) >= 11 is 12.8. The van der Waals surface area contributed by atoms with E-state index in [9.17, 15) is 8.42 Å². The Labute approximate surface area is 220 Å². The van der Waals surface area contributed by atoms with Crippen LogP contribution in [0.15, 0.2) is 35.2 Å². The van der Waals surface area contributed by atoms with Crippen molar-refractivity contribution in [1.29, 1.82) is 0 Å². The van der Waals surface area contributed by atoms with Gasteiger partial charge < -0.3 is 15.4 Å². The van der Waals surface area contributed by atoms with Crippen LogP contribution >= 0.6 is 23.2 Å². The van der Waals surface area contributed by atoms with E-state index >= 15 is 0 Å². The molecule has 0 aromatic heterocycles. The number of fused-ring (bicyclic) bond motifs is 1. The van der Waals surface area contributed by atoms with Crippen molar-refractivity contribution in [1.82, 2.24) is 9.62 Å². The zero-order valence-electron chi connectivity index (χ0n) is 20.8. The first-order valence-electron chi connectivity index (χ1n) is 12.3. The first-order chi connectivity index (χ1) is 16.6. The highest BCUT2D eigenvalue weighted by Crippen LogP contribution is 2.42. The Kier molecular flexibility index (Phi) is 10.3. The van der Waals surface area contributed by atoms with E-state index in [0.717, 1.165) is 68.2 Å². The Bertz CT molecular complexity index is 1110. The van der Waals surface area contributed by atoms with Crippen LogP contribution in [0.5, 0.6) is 5.75 Å². The molecule has 9 heteroatoms. The minimum absolute atomic E-state index is 0.0840. The van der Waals surface area contributed by atoms with Gasteiger partial charge in [0.05, 0.1) is 10.9 Å². The van der Waals surface area contributed by atoms with E-state index in [1.54, 1.807) is 24.3 Å². The lowest BCUT2D eigenvalue weighted by Gasteiger charge is -2.28. The lowest BCUT2D eigenvalue weighted by molar-refractivity contribution is 0.110. The Hall–Kier alpha value is -1.35. The van der Waals surface area contributed by atoms with Gasteiger partial charge >= 0.3 is 0 Å². The highest BCUT2D eigenvalue weighted by molar-refractivity contribution is 7.89. The molecule has 0 fully saturated rings. The number of nitrogens with two attached hydrogens (primary N) is 1. The molecule has 1 aliphatic carbocycles. The summed E-state index contributed by atoms with van der Waals surface area (Å²) in [5, 5.41) is 1.21. The van der Waals surface area contributed by atoms with Gasteiger partial charge in [0, 0.05) is 22.2 Å². The second-order valence-corrected chi connectivity index (χ2v) is 12.1. The molecule has 6 nitrogen and oxygen atoms in total. The molecular weight excluding hydrogens is 505 g/mol. The number of likely N-dealkylation sites (N-methyl/N-ethyl adjacent to an activating group) is 1. The number of benzene rings is 2. The number of sulfonamides is 1. The Morgan fingerprint density at radius 1 is 1.06 bits per heavy atom. The van der Waals surface area contributed by atoms with Crippen molar-refractivity contribution in [3.63, 3.8) is 0 Å². The third kappa shape index (κ3) is 7.34. The Balaban J connectivity index is 1.66. The van der Waals surface area contributed by atoms with Crippen molar-refractivity contribution >= 4 is 33.2 Å². The van der Waals surface area contributed by atoms with Crippen molar-refractivity contribution in [2.24, 2.45) is 5.73 Å². The van der Waals surface area contributed by atoms with Gasteiger partial charge in [-0.05, 0) is 88.3 Å². The van der Waals surface area contributed by atoms with E-state index in [1.807, 2.05) is 27.1 Å². The maximum absolute atomic E-state index is 12.8. The number of ether oxygens (including phenoxy) is 1. The molecular formula is C26H37Cl2N3O3S. The zero-order valence-corrected chi connectivity index (χ0v) is 23.1. The fourth-order valence-corrected chi connectivity index (χ4v) is 6.28. The molecule has 0 spiro atoms. The second-order valence-electron chi connectivity index (χ2n) is 9.46. The number of rotatable bonds is 13. The van der Waals surface area contributed by atoms with E-state index in [4.69, 9.17) is 33.7 Å². The molecule has 0 amide bonds. The lowest BCUT2D eigenvalue weighted by atomic mass is 10.1. The first-order valence-corrected chi connectivity index (χ1v) is 14.5. The van der Waals surface area contributed by atoms with Crippen LogP contribution in [0.1, 0.15) is 61.3 Å². The fourth-order valence-electron chi connectivity index (χ4n) is 4.54. The number of nitrogens with zero attached hydrogens (tertiary/aromatic N) is 1. The highest BCUT2D eigenvalue weighted by atomic mass is 35.5. The van der Waals surface area contributed by atoms with Crippen molar-refractivity contribution in [2.75, 3.05) is 27.2 Å². The molecule has 0 bridgehead atoms. The molecule has 3 rings (SSSR count). The maximum Gasteiger partial charge on any atom is 0.240 e. The van der Waals surface area contributed by atoms with Gasteiger partial charge in [-0.25, -0.2) is 13.1 Å². The molecule has 3 N–H and O–H groups in total. The van der Waals surface area contributed by atoms with Gasteiger partial charge in [0.2, 0.25) is 10.0 Å². The first kappa shape index (κ1) is 28.2. The smallest absolute Gasteiger partial charge is 0.240 e. The van der Waals surface area contributed by atoms with Crippen molar-refractivity contribution in [2.45, 2.75) is 68.9 Å². The van der Waals surface area contributed by atoms with Crippen LogP contribution in [0, 0.1) is 6.92 Å². The molecule has 0 saturated heterocycles. The number of hydrogen-bond acceptors (Lipinski definition) is 5. The minimum atomic E-state index is -3.58. The van der Waals surface area contributed by atoms with Crippen LogP contribution in [-0.2, 0) is 16.4 Å². The average molecular weight is 543 g/mol. The molecule has 0 heterocycles. The SMILES string of the molecule is Cc1cc(S(=O)(=O)NCCCCCCCCN)ccc1O[C@H]1c2cc(Cl)cc(Cl)c2C[C@@H]1N(C)C. The average Bonchev–Trinajstić information content (AvgIpc) is 3.15. The van der Waals surface area contributed by atoms with Gasteiger partial charge in [0.25, 0.3) is 0 Å². The van der Waals surface area contributed by atoms with E-state index in [0.29, 0.717) is 22.3 Å². The van der Waals surface area contributed by atoms with Crippen molar-refractivity contribution in [3.8, 4) is 5.75 Å². The standard InChI is InChI=1S/C26H37Cl2N3O3S/c1-18-14-20(35(32,33)30-13-9-7-5-4-6-8-12-29)10-11-25(18)34-26-22-15-19(27)16-23(28)21(22)17-24(26)31(2)3/h10-11,14-16,24,26,30H,4-9,12-13,17,29H2,1-3H3/t24-,26-/m0/s1. The van der Waals surface area contributed by atoms with Crippen molar-refractivity contribution in [3.05, 3.63) is 57.1 Å². The summed E-state index contributed by atoms with van der Waals surface area (Å²) in [4.78, 5) is 2.36. The van der Waals surface area contributed by atoms with Crippen LogP contribution in [0.4, 0.5) is 0 Å². The molecule has 35 heavy (non-hydrogen) atoms. The minimum Gasteiger partial charge on any atom is -0.484 e. The fraction of sp³-hybridized carbons (Fsp3) is 0.538. The molecule has 0 aliphatic heterocycles. The predicted molar refractivity (Wildman–Crippen MR) is 144 cm³/mol. The quantitative estimate of drug-likeness (QED) is 0.327. The largest absolute Gasteiger partial charge is 0.484 e. The monoisotopic (exact) mass is 541 g/mol. The summed E-state index contributed by atoms with van der Waals surface area (Å²) in [5.41, 5.74) is 8.28. The van der Waals surface area contributed by atoms with Gasteiger partial charge in [-0.3, -0.25) is 0 Å². The topological polar surface area (TPSA) is 84.7 Å². The molecule has 2 atom stereocenters. The van der Waals surface area contributed by atoms with E-state index in [2.05, 4.69) is 9.62 Å². The number of aryl methyl sites for hydroxylation is 1. The molecule has 2 aromatic carbocycles. The highest BCUT2D eigenvalue weighted by Gasteiger charge is 2.37. The zero-order chi connectivity index (χ0) is 25.6. The second kappa shape index (κ2) is 12.7. The normalized spacial score (nSPS) is 17.7. The Morgan fingerprint density at radius 3 is 2.40 bits per heavy atom. The van der Waals surface area contributed by atoms with Crippen LogP contribution in [0.3, 0.4) is 0 Å². The molecule has 0 unspecified atom stereocenters. The third-order valence-electron chi connectivity index (χ3n) is 6.56. The summed E-state index contributed by atoms with van der Waals surface area (Å²) in [5.74, 6) is 0.641. The van der Waals surface area contributed by atoms with E-state index < -0.39 is 10.0 Å². The number of unbranched alkanes of at least 4 members (excludes halogenated alkanes) is 5. The van der Waals surface area contributed by atoms with Crippen LogP contribution < -0.4 is 15.2 Å². The Morgan fingerprint density at radius 2 is 1.74 bits per heavy atom. The van der Waals surface area contributed by atoms with Gasteiger partial charge in [0.15, 0.2) is 0 Å². The molecule has 0 saturated carbocycles.